The quantitative estimate of drug-likeness (QED) is 0.536. The Kier molecular flexibility index (Phi) is 4.01. The fraction of sp³-hybridized carbons (Fsp3) is 0.250. The van der Waals surface area contributed by atoms with Crippen molar-refractivity contribution in [1.82, 2.24) is 39.2 Å². The molecule has 0 fully saturated rings. The molecule has 146 valence electrons. The molecule has 29 heavy (non-hydrogen) atoms. The van der Waals surface area contributed by atoms with Gasteiger partial charge in [0.25, 0.3) is 5.91 Å². The van der Waals surface area contributed by atoms with E-state index in [0.29, 0.717) is 18.7 Å². The molecule has 1 aromatic carbocycles. The molecule has 4 heterocycles. The monoisotopic (exact) mass is 388 g/mol. The summed E-state index contributed by atoms with van der Waals surface area (Å²) in [5.41, 5.74) is 2.41. The topological polar surface area (TPSA) is 86.7 Å². The average molecular weight is 388 g/mol. The molecule has 0 spiro atoms. The fourth-order valence-corrected chi connectivity index (χ4v) is 3.80. The van der Waals surface area contributed by atoms with Crippen molar-refractivity contribution < 1.29 is 4.79 Å². The maximum atomic E-state index is 13.2. The van der Waals surface area contributed by atoms with Crippen LogP contribution in [0.25, 0.3) is 17.1 Å². The van der Waals surface area contributed by atoms with Crippen molar-refractivity contribution in [3.05, 3.63) is 66.5 Å². The van der Waals surface area contributed by atoms with Crippen LogP contribution >= 0.6 is 0 Å². The lowest BCUT2D eigenvalue weighted by Gasteiger charge is -2.32. The van der Waals surface area contributed by atoms with Gasteiger partial charge in [0.15, 0.2) is 11.6 Å². The summed E-state index contributed by atoms with van der Waals surface area (Å²) >= 11 is 0. The van der Waals surface area contributed by atoms with Crippen molar-refractivity contribution in [3.8, 4) is 17.1 Å². The third-order valence-electron chi connectivity index (χ3n) is 5.14. The number of nitrogens with zero attached hydrogens (tertiary/aromatic N) is 8. The van der Waals surface area contributed by atoms with Crippen LogP contribution in [0, 0.1) is 0 Å². The summed E-state index contributed by atoms with van der Waals surface area (Å²) in [6.45, 7) is 3.08. The largest absolute Gasteiger partial charge is 0.329 e. The first-order valence-corrected chi connectivity index (χ1v) is 9.42. The van der Waals surface area contributed by atoms with E-state index < -0.39 is 0 Å². The third kappa shape index (κ3) is 3.00. The highest BCUT2D eigenvalue weighted by molar-refractivity contribution is 5.94. The van der Waals surface area contributed by atoms with Crippen LogP contribution in [0.1, 0.15) is 29.1 Å². The highest BCUT2D eigenvalue weighted by Crippen LogP contribution is 2.28. The van der Waals surface area contributed by atoms with Crippen LogP contribution in [0.4, 0.5) is 0 Å². The molecule has 0 N–H and O–H groups in total. The number of benzene rings is 1. The van der Waals surface area contributed by atoms with Crippen molar-refractivity contribution >= 4 is 5.91 Å². The lowest BCUT2D eigenvalue weighted by Crippen LogP contribution is -2.40. The second-order valence-corrected chi connectivity index (χ2v) is 7.25. The van der Waals surface area contributed by atoms with Crippen LogP contribution in [0.15, 0.2) is 55.1 Å². The van der Waals surface area contributed by atoms with E-state index in [2.05, 4.69) is 31.9 Å². The van der Waals surface area contributed by atoms with Gasteiger partial charge in [-0.1, -0.05) is 6.07 Å². The number of amides is 1. The van der Waals surface area contributed by atoms with Gasteiger partial charge >= 0.3 is 0 Å². The average Bonchev–Trinajstić information content (AvgIpc) is 3.48. The molecule has 1 amide bonds. The molecule has 1 atom stereocenters. The predicted molar refractivity (Wildman–Crippen MR) is 105 cm³/mol. The second kappa shape index (κ2) is 6.69. The molecule has 1 aliphatic rings. The number of fused-ring (bicyclic) bond motifs is 1. The van der Waals surface area contributed by atoms with Gasteiger partial charge in [0.05, 0.1) is 30.0 Å². The summed E-state index contributed by atoms with van der Waals surface area (Å²) in [4.78, 5) is 15.0. The first-order chi connectivity index (χ1) is 14.1. The van der Waals surface area contributed by atoms with Gasteiger partial charge in [-0.05, 0) is 31.2 Å². The highest BCUT2D eigenvalue weighted by atomic mass is 16.2. The van der Waals surface area contributed by atoms with E-state index in [-0.39, 0.29) is 11.9 Å². The van der Waals surface area contributed by atoms with Gasteiger partial charge in [-0.25, -0.2) is 4.68 Å². The first-order valence-electron chi connectivity index (χ1n) is 9.42. The Morgan fingerprint density at radius 3 is 2.83 bits per heavy atom. The van der Waals surface area contributed by atoms with Crippen LogP contribution in [0.5, 0.6) is 0 Å². The molecule has 0 saturated heterocycles. The fourth-order valence-electron chi connectivity index (χ4n) is 3.80. The number of carbonyl (C=O) groups is 1. The zero-order valence-electron chi connectivity index (χ0n) is 16.2. The summed E-state index contributed by atoms with van der Waals surface area (Å²) in [6, 6.07) is 9.41. The number of rotatable bonds is 3. The Morgan fingerprint density at radius 2 is 2.07 bits per heavy atom. The van der Waals surface area contributed by atoms with Gasteiger partial charge in [-0.3, -0.25) is 9.48 Å². The Balaban J connectivity index is 1.43. The predicted octanol–water partition coefficient (Wildman–Crippen LogP) is 2.08. The summed E-state index contributed by atoms with van der Waals surface area (Å²) in [5.74, 6) is 1.54. The van der Waals surface area contributed by atoms with Gasteiger partial charge in [0.1, 0.15) is 0 Å². The van der Waals surface area contributed by atoms with Crippen molar-refractivity contribution in [3.63, 3.8) is 0 Å². The molecule has 0 radical (unpaired) electrons. The van der Waals surface area contributed by atoms with E-state index in [0.717, 1.165) is 22.9 Å². The summed E-state index contributed by atoms with van der Waals surface area (Å²) in [7, 11) is 1.87. The Morgan fingerprint density at radius 1 is 1.17 bits per heavy atom. The van der Waals surface area contributed by atoms with Gasteiger partial charge in [0.2, 0.25) is 0 Å². The van der Waals surface area contributed by atoms with E-state index in [1.54, 1.807) is 21.8 Å². The molecular formula is C20H20N8O. The van der Waals surface area contributed by atoms with Gasteiger partial charge < -0.3 is 9.47 Å². The van der Waals surface area contributed by atoms with Crippen LogP contribution in [-0.4, -0.2) is 51.7 Å². The number of aromatic nitrogens is 7. The molecule has 9 nitrogen and oxygen atoms in total. The standard InChI is InChI=1S/C20H20N8O/c1-14-11-26(13-18-23-24-19(28(14)18)16-10-22-25(2)12-16)20(29)15-5-3-6-17(9-15)27-8-4-7-21-27/h3-10,12,14H,11,13H2,1-2H3/t14-/m0/s1. The van der Waals surface area contributed by atoms with Crippen LogP contribution in [-0.2, 0) is 13.6 Å². The maximum Gasteiger partial charge on any atom is 0.254 e. The molecule has 1 aliphatic heterocycles. The van der Waals surface area contributed by atoms with Crippen molar-refractivity contribution in [2.45, 2.75) is 19.5 Å². The maximum absolute atomic E-state index is 13.2. The lowest BCUT2D eigenvalue weighted by atomic mass is 10.1. The number of carbonyl (C=O) groups excluding carboxylic acids is 1. The first kappa shape index (κ1) is 17.4. The lowest BCUT2D eigenvalue weighted by molar-refractivity contribution is 0.0682. The number of aryl methyl sites for hydroxylation is 1. The molecule has 0 aliphatic carbocycles. The minimum atomic E-state index is -0.0250. The van der Waals surface area contributed by atoms with Crippen LogP contribution < -0.4 is 0 Å². The summed E-state index contributed by atoms with van der Waals surface area (Å²) in [5, 5.41) is 17.2. The minimum Gasteiger partial charge on any atom is -0.329 e. The summed E-state index contributed by atoms with van der Waals surface area (Å²) in [6.07, 6.45) is 7.27. The molecule has 0 bridgehead atoms. The zero-order chi connectivity index (χ0) is 20.0. The Labute approximate surface area is 167 Å². The molecule has 4 aromatic rings. The van der Waals surface area contributed by atoms with Gasteiger partial charge in [-0.2, -0.15) is 10.2 Å². The van der Waals surface area contributed by atoms with Crippen molar-refractivity contribution in [1.29, 1.82) is 0 Å². The van der Waals surface area contributed by atoms with Crippen molar-refractivity contribution in [2.75, 3.05) is 6.54 Å². The SMILES string of the molecule is C[C@H]1CN(C(=O)c2cccc(-n3cccn3)c2)Cc2nnc(-c3cnn(C)c3)n21. The normalized spacial score (nSPS) is 16.1. The number of hydrogen-bond acceptors (Lipinski definition) is 5. The summed E-state index contributed by atoms with van der Waals surface area (Å²) < 4.78 is 5.58. The van der Waals surface area contributed by atoms with Gasteiger partial charge in [0, 0.05) is 37.7 Å². The molecule has 3 aromatic heterocycles. The van der Waals surface area contributed by atoms with Gasteiger partial charge in [-0.15, -0.1) is 10.2 Å². The van der Waals surface area contributed by atoms with E-state index >= 15 is 0 Å². The van der Waals surface area contributed by atoms with Crippen LogP contribution in [0.2, 0.25) is 0 Å². The van der Waals surface area contributed by atoms with Crippen molar-refractivity contribution in [2.24, 2.45) is 7.05 Å². The molecular weight excluding hydrogens is 368 g/mol. The van der Waals surface area contributed by atoms with Crippen LogP contribution in [0.3, 0.4) is 0 Å². The van der Waals surface area contributed by atoms with E-state index in [4.69, 9.17) is 0 Å². The third-order valence-corrected chi connectivity index (χ3v) is 5.14. The number of hydrogen-bond donors (Lipinski definition) is 0. The Bertz CT molecular complexity index is 1170. The molecule has 5 rings (SSSR count). The second-order valence-electron chi connectivity index (χ2n) is 7.25. The highest BCUT2D eigenvalue weighted by Gasteiger charge is 2.30. The molecule has 9 heteroatoms. The zero-order valence-corrected chi connectivity index (χ0v) is 16.2. The van der Waals surface area contributed by atoms with E-state index in [1.807, 2.05) is 54.7 Å². The smallest absolute Gasteiger partial charge is 0.254 e. The minimum absolute atomic E-state index is 0.0250. The molecule has 0 unspecified atom stereocenters. The van der Waals surface area contributed by atoms with E-state index in [9.17, 15) is 4.79 Å². The molecule has 0 saturated carbocycles. The van der Waals surface area contributed by atoms with E-state index in [1.165, 1.54) is 0 Å². The Hall–Kier alpha value is -3.75.